The van der Waals surface area contributed by atoms with Gasteiger partial charge in [0.1, 0.15) is 5.75 Å². The molecule has 0 radical (unpaired) electrons. The van der Waals surface area contributed by atoms with E-state index in [2.05, 4.69) is 9.72 Å². The van der Waals surface area contributed by atoms with E-state index in [1.165, 1.54) is 12.1 Å². The fourth-order valence-corrected chi connectivity index (χ4v) is 1.59. The van der Waals surface area contributed by atoms with Crippen molar-refractivity contribution in [3.05, 3.63) is 30.0 Å². The van der Waals surface area contributed by atoms with E-state index in [-0.39, 0.29) is 5.75 Å². The molecule has 2 aromatic rings. The molecule has 0 aliphatic heterocycles. The van der Waals surface area contributed by atoms with Gasteiger partial charge in [0.2, 0.25) is 0 Å². The Morgan fingerprint density at radius 2 is 2.06 bits per heavy atom. The molecule has 0 unspecified atom stereocenters. The fraction of sp³-hybridized carbons (Fsp3) is 0.273. The zero-order valence-corrected chi connectivity index (χ0v) is 8.56. The first-order valence-corrected chi connectivity index (χ1v) is 4.86. The molecule has 0 saturated carbocycles. The maximum atomic E-state index is 12.1. The number of aromatic amines is 1. The largest absolute Gasteiger partial charge is 0.573 e. The normalized spacial score (nSPS) is 12.0. The molecule has 0 aliphatic carbocycles. The van der Waals surface area contributed by atoms with Gasteiger partial charge in [-0.25, -0.2) is 0 Å². The summed E-state index contributed by atoms with van der Waals surface area (Å²) in [6.07, 6.45) is -3.92. The Kier molecular flexibility index (Phi) is 2.53. The fourth-order valence-electron chi connectivity index (χ4n) is 1.59. The molecule has 86 valence electrons. The second-order valence-corrected chi connectivity index (χ2v) is 3.41. The Morgan fingerprint density at radius 3 is 2.69 bits per heavy atom. The quantitative estimate of drug-likeness (QED) is 0.835. The standard InChI is InChI=1S/C11H10F3NO/c1-2-7-6-8-9(15-7)4-3-5-10(8)16-11(12,13)14/h3-6,15H,2H2,1H3. The monoisotopic (exact) mass is 229 g/mol. The van der Waals surface area contributed by atoms with Gasteiger partial charge in [0, 0.05) is 16.6 Å². The molecular weight excluding hydrogens is 219 g/mol. The van der Waals surface area contributed by atoms with E-state index in [4.69, 9.17) is 0 Å². The number of nitrogens with one attached hydrogen (secondary N) is 1. The van der Waals surface area contributed by atoms with Gasteiger partial charge in [0.05, 0.1) is 0 Å². The van der Waals surface area contributed by atoms with Gasteiger partial charge in [-0.2, -0.15) is 0 Å². The molecule has 5 heteroatoms. The van der Waals surface area contributed by atoms with Gasteiger partial charge in [-0.15, -0.1) is 13.2 Å². The Hall–Kier alpha value is -1.65. The van der Waals surface area contributed by atoms with Crippen LogP contribution in [-0.4, -0.2) is 11.3 Å². The van der Waals surface area contributed by atoms with Crippen LogP contribution in [0.4, 0.5) is 13.2 Å². The molecule has 0 aliphatic rings. The highest BCUT2D eigenvalue weighted by molar-refractivity contribution is 5.86. The molecule has 0 saturated heterocycles. The molecular formula is C11H10F3NO. The first kappa shape index (κ1) is 10.9. The number of aryl methyl sites for hydroxylation is 1. The topological polar surface area (TPSA) is 25.0 Å². The average Bonchev–Trinajstić information content (AvgIpc) is 2.59. The molecule has 2 nitrogen and oxygen atoms in total. The Morgan fingerprint density at radius 1 is 1.31 bits per heavy atom. The van der Waals surface area contributed by atoms with Crippen LogP contribution in [0.1, 0.15) is 12.6 Å². The molecule has 0 spiro atoms. The number of benzene rings is 1. The van der Waals surface area contributed by atoms with Gasteiger partial charge in [0.25, 0.3) is 0 Å². The van der Waals surface area contributed by atoms with Gasteiger partial charge in [-0.3, -0.25) is 0 Å². The average molecular weight is 229 g/mol. The molecule has 1 aromatic heterocycles. The minimum absolute atomic E-state index is 0.166. The van der Waals surface area contributed by atoms with Crippen molar-refractivity contribution >= 4 is 10.9 Å². The van der Waals surface area contributed by atoms with Gasteiger partial charge in [0.15, 0.2) is 0 Å². The second-order valence-electron chi connectivity index (χ2n) is 3.41. The number of aromatic nitrogens is 1. The zero-order chi connectivity index (χ0) is 11.8. The van der Waals surface area contributed by atoms with Crippen molar-refractivity contribution in [1.82, 2.24) is 4.98 Å². The number of halogens is 3. The zero-order valence-electron chi connectivity index (χ0n) is 8.56. The lowest BCUT2D eigenvalue weighted by molar-refractivity contribution is -0.274. The lowest BCUT2D eigenvalue weighted by Gasteiger charge is -2.09. The van der Waals surface area contributed by atoms with Crippen LogP contribution in [0.2, 0.25) is 0 Å². The number of fused-ring (bicyclic) bond motifs is 1. The van der Waals surface area contributed by atoms with E-state index in [0.717, 1.165) is 12.1 Å². The Balaban J connectivity index is 2.48. The summed E-state index contributed by atoms with van der Waals surface area (Å²) in [5, 5.41) is 0.455. The molecule has 2 rings (SSSR count). The Bertz CT molecular complexity index is 501. The van der Waals surface area contributed by atoms with E-state index >= 15 is 0 Å². The molecule has 16 heavy (non-hydrogen) atoms. The first-order chi connectivity index (χ1) is 7.49. The summed E-state index contributed by atoms with van der Waals surface area (Å²) in [6.45, 7) is 1.93. The molecule has 1 aromatic carbocycles. The van der Waals surface area contributed by atoms with Crippen molar-refractivity contribution < 1.29 is 17.9 Å². The van der Waals surface area contributed by atoms with Crippen molar-refractivity contribution in [2.45, 2.75) is 19.7 Å². The Labute approximate surface area is 90.0 Å². The summed E-state index contributed by atoms with van der Waals surface area (Å²) in [7, 11) is 0. The highest BCUT2D eigenvalue weighted by Gasteiger charge is 2.31. The van der Waals surface area contributed by atoms with E-state index in [1.54, 1.807) is 12.1 Å². The number of hydrogen-bond acceptors (Lipinski definition) is 1. The predicted octanol–water partition coefficient (Wildman–Crippen LogP) is 3.63. The molecule has 1 heterocycles. The van der Waals surface area contributed by atoms with E-state index in [0.29, 0.717) is 10.9 Å². The van der Waals surface area contributed by atoms with E-state index in [1.807, 2.05) is 6.92 Å². The molecule has 0 atom stereocenters. The highest BCUT2D eigenvalue weighted by Crippen LogP contribution is 2.30. The third-order valence-electron chi connectivity index (χ3n) is 2.29. The number of rotatable bonds is 2. The van der Waals surface area contributed by atoms with E-state index < -0.39 is 6.36 Å². The molecule has 1 N–H and O–H groups in total. The molecule has 0 amide bonds. The van der Waals surface area contributed by atoms with Crippen molar-refractivity contribution in [1.29, 1.82) is 0 Å². The second kappa shape index (κ2) is 3.73. The van der Waals surface area contributed by atoms with Crippen LogP contribution in [-0.2, 0) is 6.42 Å². The lowest BCUT2D eigenvalue weighted by Crippen LogP contribution is -2.17. The summed E-state index contributed by atoms with van der Waals surface area (Å²) in [6, 6.07) is 6.23. The van der Waals surface area contributed by atoms with Crippen LogP contribution >= 0.6 is 0 Å². The third kappa shape index (κ3) is 2.13. The van der Waals surface area contributed by atoms with Crippen LogP contribution < -0.4 is 4.74 Å². The summed E-state index contributed by atoms with van der Waals surface area (Å²) >= 11 is 0. The number of H-pyrrole nitrogens is 1. The van der Waals surface area contributed by atoms with Crippen LogP contribution in [0.25, 0.3) is 10.9 Å². The van der Waals surface area contributed by atoms with Crippen LogP contribution in [0.5, 0.6) is 5.75 Å². The molecule has 0 fully saturated rings. The van der Waals surface area contributed by atoms with Crippen molar-refractivity contribution in [3.8, 4) is 5.75 Å². The first-order valence-electron chi connectivity index (χ1n) is 4.86. The third-order valence-corrected chi connectivity index (χ3v) is 2.29. The van der Waals surface area contributed by atoms with Crippen molar-refractivity contribution in [2.24, 2.45) is 0 Å². The maximum absolute atomic E-state index is 12.1. The summed E-state index contributed by atoms with van der Waals surface area (Å²) in [5.41, 5.74) is 1.53. The molecule has 0 bridgehead atoms. The van der Waals surface area contributed by atoms with Gasteiger partial charge < -0.3 is 9.72 Å². The van der Waals surface area contributed by atoms with Gasteiger partial charge in [-0.1, -0.05) is 13.0 Å². The SMILES string of the molecule is CCc1cc2c(OC(F)(F)F)cccc2[nH]1. The van der Waals surface area contributed by atoms with Gasteiger partial charge in [-0.05, 0) is 24.6 Å². The lowest BCUT2D eigenvalue weighted by atomic mass is 10.2. The van der Waals surface area contributed by atoms with Crippen LogP contribution in [0.15, 0.2) is 24.3 Å². The predicted molar refractivity (Wildman–Crippen MR) is 54.4 cm³/mol. The number of alkyl halides is 3. The van der Waals surface area contributed by atoms with E-state index in [9.17, 15) is 13.2 Å². The highest BCUT2D eigenvalue weighted by atomic mass is 19.4. The minimum Gasteiger partial charge on any atom is -0.405 e. The summed E-state index contributed by atoms with van der Waals surface area (Å²) in [4.78, 5) is 3.02. The van der Waals surface area contributed by atoms with Crippen molar-refractivity contribution in [3.63, 3.8) is 0 Å². The summed E-state index contributed by atoms with van der Waals surface area (Å²) in [5.74, 6) is -0.166. The number of hydrogen-bond donors (Lipinski definition) is 1. The van der Waals surface area contributed by atoms with Crippen LogP contribution in [0.3, 0.4) is 0 Å². The van der Waals surface area contributed by atoms with Crippen LogP contribution in [0, 0.1) is 0 Å². The number of ether oxygens (including phenoxy) is 1. The van der Waals surface area contributed by atoms with Gasteiger partial charge >= 0.3 is 6.36 Å². The smallest absolute Gasteiger partial charge is 0.405 e. The minimum atomic E-state index is -4.65. The van der Waals surface area contributed by atoms with Crippen molar-refractivity contribution in [2.75, 3.05) is 0 Å². The summed E-state index contributed by atoms with van der Waals surface area (Å²) < 4.78 is 40.3. The maximum Gasteiger partial charge on any atom is 0.573 e.